The van der Waals surface area contributed by atoms with Crippen molar-refractivity contribution in [2.24, 2.45) is 0 Å². The third-order valence-electron chi connectivity index (χ3n) is 3.90. The van der Waals surface area contributed by atoms with Gasteiger partial charge in [-0.3, -0.25) is 4.79 Å². The Morgan fingerprint density at radius 3 is 2.33 bits per heavy atom. The summed E-state index contributed by atoms with van der Waals surface area (Å²) in [5.41, 5.74) is 1.65. The zero-order valence-electron chi connectivity index (χ0n) is 13.2. The lowest BCUT2D eigenvalue weighted by atomic mass is 9.92. The molecule has 0 bridgehead atoms. The average Bonchev–Trinajstić information content (AvgIpc) is 2.57. The largest absolute Gasteiger partial charge is 0.396 e. The van der Waals surface area contributed by atoms with E-state index >= 15 is 0 Å². The van der Waals surface area contributed by atoms with E-state index in [1.807, 2.05) is 6.07 Å². The smallest absolute Gasteiger partial charge is 0.227 e. The van der Waals surface area contributed by atoms with Crippen LogP contribution >= 0.6 is 34.8 Å². The number of hydrogen-bond acceptors (Lipinski definition) is 2. The number of amides is 1. The molecule has 1 unspecified atom stereocenters. The first-order valence-electron chi connectivity index (χ1n) is 7.50. The van der Waals surface area contributed by atoms with Gasteiger partial charge in [0.15, 0.2) is 0 Å². The lowest BCUT2D eigenvalue weighted by Gasteiger charge is -2.22. The number of carbonyl (C=O) groups excluding carboxylic acids is 1. The van der Waals surface area contributed by atoms with Crippen LogP contribution in [0.15, 0.2) is 42.5 Å². The summed E-state index contributed by atoms with van der Waals surface area (Å²) < 4.78 is 0. The minimum atomic E-state index is -0.132. The van der Waals surface area contributed by atoms with E-state index in [1.165, 1.54) is 0 Å². The summed E-state index contributed by atoms with van der Waals surface area (Å²) >= 11 is 17.9. The van der Waals surface area contributed by atoms with Crippen LogP contribution in [0.25, 0.3) is 0 Å². The normalized spacial score (nSPS) is 12.0. The molecule has 0 spiro atoms. The van der Waals surface area contributed by atoms with Crippen LogP contribution in [0.3, 0.4) is 0 Å². The predicted molar refractivity (Wildman–Crippen MR) is 100 cm³/mol. The van der Waals surface area contributed by atoms with Gasteiger partial charge in [0, 0.05) is 30.8 Å². The van der Waals surface area contributed by atoms with Crippen LogP contribution in [-0.4, -0.2) is 24.7 Å². The molecule has 0 saturated carbocycles. The molecule has 0 heterocycles. The first kappa shape index (κ1) is 19.1. The van der Waals surface area contributed by atoms with Gasteiger partial charge >= 0.3 is 0 Å². The molecule has 1 N–H and O–H groups in total. The van der Waals surface area contributed by atoms with Gasteiger partial charge in [0.25, 0.3) is 0 Å². The fraction of sp³-hybridized carbons (Fsp3) is 0.278. The Labute approximate surface area is 156 Å². The summed E-state index contributed by atoms with van der Waals surface area (Å²) in [6, 6.07) is 12.4. The number of rotatable bonds is 6. The maximum atomic E-state index is 12.6. The fourth-order valence-corrected chi connectivity index (χ4v) is 2.90. The molecule has 0 saturated heterocycles. The standard InChI is InChI=1S/C18H18Cl3NO2/c1-22(15-5-3-14(19)4-6-15)18(24)11-13(8-9-23)12-2-7-16(20)17(21)10-12/h2-7,10,13,23H,8-9,11H2,1H3. The molecule has 0 aliphatic carbocycles. The molecule has 0 fully saturated rings. The lowest BCUT2D eigenvalue weighted by Crippen LogP contribution is -2.27. The van der Waals surface area contributed by atoms with E-state index < -0.39 is 0 Å². The number of hydrogen-bond donors (Lipinski definition) is 1. The van der Waals surface area contributed by atoms with Crippen molar-refractivity contribution in [1.29, 1.82) is 0 Å². The van der Waals surface area contributed by atoms with Crippen molar-refractivity contribution < 1.29 is 9.90 Å². The highest BCUT2D eigenvalue weighted by molar-refractivity contribution is 6.42. The van der Waals surface area contributed by atoms with E-state index in [-0.39, 0.29) is 24.9 Å². The van der Waals surface area contributed by atoms with Gasteiger partial charge in [0.05, 0.1) is 10.0 Å². The monoisotopic (exact) mass is 385 g/mol. The van der Waals surface area contributed by atoms with Gasteiger partial charge in [-0.2, -0.15) is 0 Å². The number of nitrogens with zero attached hydrogens (tertiary/aromatic N) is 1. The highest BCUT2D eigenvalue weighted by atomic mass is 35.5. The Balaban J connectivity index is 2.15. The molecule has 24 heavy (non-hydrogen) atoms. The molecule has 0 radical (unpaired) electrons. The van der Waals surface area contributed by atoms with Crippen LogP contribution in [0.4, 0.5) is 5.69 Å². The predicted octanol–water partition coefficient (Wildman–Crippen LogP) is 5.17. The fourth-order valence-electron chi connectivity index (χ4n) is 2.47. The van der Waals surface area contributed by atoms with Crippen molar-refractivity contribution in [1.82, 2.24) is 0 Å². The number of anilines is 1. The maximum absolute atomic E-state index is 12.6. The van der Waals surface area contributed by atoms with Crippen LogP contribution < -0.4 is 4.90 Å². The van der Waals surface area contributed by atoms with Gasteiger partial charge < -0.3 is 10.0 Å². The van der Waals surface area contributed by atoms with Crippen LogP contribution in [0.5, 0.6) is 0 Å². The molecule has 2 aromatic carbocycles. The second-order valence-corrected chi connectivity index (χ2v) is 6.77. The minimum absolute atomic E-state index is 0.0111. The SMILES string of the molecule is CN(C(=O)CC(CCO)c1ccc(Cl)c(Cl)c1)c1ccc(Cl)cc1. The van der Waals surface area contributed by atoms with Gasteiger partial charge in [-0.05, 0) is 54.3 Å². The van der Waals surface area contributed by atoms with Crippen LogP contribution in [-0.2, 0) is 4.79 Å². The van der Waals surface area contributed by atoms with Crippen molar-refractivity contribution in [3.63, 3.8) is 0 Å². The number of carbonyl (C=O) groups is 1. The zero-order chi connectivity index (χ0) is 17.7. The van der Waals surface area contributed by atoms with Gasteiger partial charge in [-0.1, -0.05) is 40.9 Å². The molecule has 1 atom stereocenters. The second-order valence-electron chi connectivity index (χ2n) is 5.52. The molecular weight excluding hydrogens is 369 g/mol. The summed E-state index contributed by atoms with van der Waals surface area (Å²) in [6.07, 6.45) is 0.732. The topological polar surface area (TPSA) is 40.5 Å². The molecule has 128 valence electrons. The van der Waals surface area contributed by atoms with Gasteiger partial charge in [0.1, 0.15) is 0 Å². The zero-order valence-corrected chi connectivity index (χ0v) is 15.4. The Kier molecular flexibility index (Phi) is 6.93. The highest BCUT2D eigenvalue weighted by Gasteiger charge is 2.20. The van der Waals surface area contributed by atoms with Crippen molar-refractivity contribution >= 4 is 46.4 Å². The van der Waals surface area contributed by atoms with Crippen molar-refractivity contribution in [3.05, 3.63) is 63.1 Å². The number of halogens is 3. The molecule has 2 aromatic rings. The summed E-state index contributed by atoms with van der Waals surface area (Å²) in [5, 5.41) is 10.8. The Morgan fingerprint density at radius 2 is 1.75 bits per heavy atom. The minimum Gasteiger partial charge on any atom is -0.396 e. The molecule has 0 aromatic heterocycles. The van der Waals surface area contributed by atoms with E-state index in [2.05, 4.69) is 0 Å². The third kappa shape index (κ3) is 4.87. The van der Waals surface area contributed by atoms with Crippen molar-refractivity contribution in [2.45, 2.75) is 18.8 Å². The molecule has 2 rings (SSSR count). The van der Waals surface area contributed by atoms with Crippen LogP contribution in [0.1, 0.15) is 24.3 Å². The first-order chi connectivity index (χ1) is 11.4. The van der Waals surface area contributed by atoms with Gasteiger partial charge in [-0.25, -0.2) is 0 Å². The van der Waals surface area contributed by atoms with E-state index in [1.54, 1.807) is 48.3 Å². The Bertz CT molecular complexity index is 704. The Morgan fingerprint density at radius 1 is 1.08 bits per heavy atom. The van der Waals surface area contributed by atoms with E-state index in [0.29, 0.717) is 21.5 Å². The lowest BCUT2D eigenvalue weighted by molar-refractivity contribution is -0.118. The molecule has 0 aliphatic heterocycles. The van der Waals surface area contributed by atoms with E-state index in [4.69, 9.17) is 34.8 Å². The second kappa shape index (κ2) is 8.72. The molecule has 3 nitrogen and oxygen atoms in total. The summed E-state index contributed by atoms with van der Waals surface area (Å²) in [6.45, 7) is -0.0111. The molecular formula is C18H18Cl3NO2. The number of aliphatic hydroxyl groups is 1. The summed E-state index contributed by atoms with van der Waals surface area (Å²) in [7, 11) is 1.72. The van der Waals surface area contributed by atoms with Gasteiger partial charge in [-0.15, -0.1) is 0 Å². The number of benzene rings is 2. The first-order valence-corrected chi connectivity index (χ1v) is 8.63. The van der Waals surface area contributed by atoms with Crippen molar-refractivity contribution in [3.8, 4) is 0 Å². The maximum Gasteiger partial charge on any atom is 0.227 e. The average molecular weight is 387 g/mol. The summed E-state index contributed by atoms with van der Waals surface area (Å²) in [4.78, 5) is 14.2. The summed E-state index contributed by atoms with van der Waals surface area (Å²) in [5.74, 6) is -0.186. The highest BCUT2D eigenvalue weighted by Crippen LogP contribution is 2.31. The van der Waals surface area contributed by atoms with Crippen molar-refractivity contribution in [2.75, 3.05) is 18.6 Å². The molecule has 6 heteroatoms. The number of aliphatic hydroxyl groups excluding tert-OH is 1. The van der Waals surface area contributed by atoms with E-state index in [0.717, 1.165) is 11.3 Å². The van der Waals surface area contributed by atoms with Crippen LogP contribution in [0.2, 0.25) is 15.1 Å². The van der Waals surface area contributed by atoms with E-state index in [9.17, 15) is 9.90 Å². The Hall–Kier alpha value is -1.26. The third-order valence-corrected chi connectivity index (χ3v) is 4.89. The molecule has 1 amide bonds. The van der Waals surface area contributed by atoms with Gasteiger partial charge in [0.2, 0.25) is 5.91 Å². The quantitative estimate of drug-likeness (QED) is 0.744. The molecule has 0 aliphatic rings. The van der Waals surface area contributed by atoms with Crippen LogP contribution in [0, 0.1) is 0 Å².